The summed E-state index contributed by atoms with van der Waals surface area (Å²) in [5.41, 5.74) is 0. The van der Waals surface area contributed by atoms with E-state index in [2.05, 4.69) is 15.9 Å². The van der Waals surface area contributed by atoms with E-state index in [1.54, 1.807) is 6.08 Å². The van der Waals surface area contributed by atoms with E-state index in [0.717, 1.165) is 4.48 Å². The Balaban J connectivity index is 2.79. The lowest BCUT2D eigenvalue weighted by atomic mass is 10.4. The molecule has 0 unspecified atom stereocenters. The largest absolute Gasteiger partial charge is 0.229 e. The fraction of sp³-hybridized carbons (Fsp3) is 0.600. The molecular weight excluding hydrogens is 204 g/mol. The molecule has 2 nitrogen and oxygen atoms in total. The fourth-order valence-electron chi connectivity index (χ4n) is 0.656. The molecule has 0 bridgehead atoms. The maximum atomic E-state index is 10.7. The van der Waals surface area contributed by atoms with Crippen LogP contribution in [0.1, 0.15) is 6.42 Å². The minimum Gasteiger partial charge on any atom is -0.229 e. The molecule has 9 heavy (non-hydrogen) atoms. The summed E-state index contributed by atoms with van der Waals surface area (Å²) < 4.78 is 22.5. The molecule has 1 heterocycles. The molecule has 0 aromatic heterocycles. The van der Waals surface area contributed by atoms with E-state index in [1.165, 1.54) is 0 Å². The van der Waals surface area contributed by atoms with Crippen LogP contribution in [0.4, 0.5) is 0 Å². The topological polar surface area (TPSA) is 34.1 Å². The van der Waals surface area contributed by atoms with Gasteiger partial charge in [0.2, 0.25) is 0 Å². The lowest BCUT2D eigenvalue weighted by Crippen LogP contribution is -2.13. The van der Waals surface area contributed by atoms with Gasteiger partial charge in [0.25, 0.3) is 0 Å². The van der Waals surface area contributed by atoms with Gasteiger partial charge >= 0.3 is 0 Å². The summed E-state index contributed by atoms with van der Waals surface area (Å²) in [6.07, 6.45) is 2.35. The van der Waals surface area contributed by atoms with Crippen LogP contribution in [0.15, 0.2) is 10.6 Å². The number of allylic oxidation sites excluding steroid dienone is 1. The molecule has 4 heteroatoms. The van der Waals surface area contributed by atoms with Gasteiger partial charge in [-0.3, -0.25) is 0 Å². The van der Waals surface area contributed by atoms with Crippen LogP contribution in [0.5, 0.6) is 0 Å². The van der Waals surface area contributed by atoms with Crippen LogP contribution in [0.3, 0.4) is 0 Å². The highest BCUT2D eigenvalue weighted by Crippen LogP contribution is 2.16. The molecule has 1 rings (SSSR count). The Bertz CT molecular complexity index is 227. The van der Waals surface area contributed by atoms with Gasteiger partial charge in [0.05, 0.1) is 11.5 Å². The second kappa shape index (κ2) is 2.42. The van der Waals surface area contributed by atoms with Gasteiger partial charge in [0, 0.05) is 0 Å². The molecule has 0 spiro atoms. The standard InChI is InChI=1S/C5H7BrO2S/c6-5-1-3-9(7,8)4-2-5/h1H,2-4H2. The Morgan fingerprint density at radius 2 is 2.22 bits per heavy atom. The van der Waals surface area contributed by atoms with E-state index < -0.39 is 9.84 Å². The van der Waals surface area contributed by atoms with E-state index in [4.69, 9.17) is 0 Å². The van der Waals surface area contributed by atoms with Gasteiger partial charge < -0.3 is 0 Å². The van der Waals surface area contributed by atoms with Crippen molar-refractivity contribution in [2.24, 2.45) is 0 Å². The van der Waals surface area contributed by atoms with Crippen LogP contribution < -0.4 is 0 Å². The van der Waals surface area contributed by atoms with Crippen LogP contribution >= 0.6 is 15.9 Å². The van der Waals surface area contributed by atoms with Gasteiger partial charge in [-0.25, -0.2) is 8.42 Å². The molecule has 52 valence electrons. The Hall–Kier alpha value is 0.170. The van der Waals surface area contributed by atoms with E-state index in [1.807, 2.05) is 0 Å². The van der Waals surface area contributed by atoms with Crippen molar-refractivity contribution in [2.45, 2.75) is 6.42 Å². The van der Waals surface area contributed by atoms with Gasteiger partial charge in [-0.05, 0) is 10.9 Å². The predicted octanol–water partition coefficient (Wildman–Crippen LogP) is 1.08. The van der Waals surface area contributed by atoms with Crippen LogP contribution in [0, 0.1) is 0 Å². The highest BCUT2D eigenvalue weighted by atomic mass is 79.9. The summed E-state index contributed by atoms with van der Waals surface area (Å²) in [5.74, 6) is 0.498. The lowest BCUT2D eigenvalue weighted by molar-refractivity contribution is 0.597. The molecule has 0 saturated carbocycles. The molecule has 0 saturated heterocycles. The monoisotopic (exact) mass is 210 g/mol. The molecule has 0 atom stereocenters. The Morgan fingerprint density at radius 1 is 1.56 bits per heavy atom. The van der Waals surface area contributed by atoms with Crippen molar-refractivity contribution in [3.8, 4) is 0 Å². The number of rotatable bonds is 0. The summed E-state index contributed by atoms with van der Waals surface area (Å²) >= 11 is 3.24. The van der Waals surface area contributed by atoms with Crippen molar-refractivity contribution >= 4 is 25.8 Å². The second-order valence-corrected chi connectivity index (χ2v) is 5.26. The first-order chi connectivity index (χ1) is 4.10. The minimum atomic E-state index is -2.72. The van der Waals surface area contributed by atoms with Gasteiger partial charge in [-0.2, -0.15) is 0 Å². The Labute approximate surface area is 63.0 Å². The SMILES string of the molecule is O=S1(=O)CC=C(Br)CC1. The zero-order chi connectivity index (χ0) is 6.91. The second-order valence-electron chi connectivity index (χ2n) is 2.02. The van der Waals surface area contributed by atoms with Gasteiger partial charge in [0.15, 0.2) is 9.84 Å². The Morgan fingerprint density at radius 3 is 2.56 bits per heavy atom. The zero-order valence-electron chi connectivity index (χ0n) is 4.80. The van der Waals surface area contributed by atoms with E-state index in [0.29, 0.717) is 12.2 Å². The first kappa shape index (κ1) is 7.28. The average Bonchev–Trinajstić information content (AvgIpc) is 1.78. The van der Waals surface area contributed by atoms with Crippen molar-refractivity contribution < 1.29 is 8.42 Å². The highest BCUT2D eigenvalue weighted by Gasteiger charge is 2.14. The first-order valence-electron chi connectivity index (χ1n) is 2.65. The normalized spacial score (nSPS) is 25.2. The molecular formula is C5H7BrO2S. The smallest absolute Gasteiger partial charge is 0.154 e. The summed E-state index contributed by atoms with van der Waals surface area (Å²) in [5, 5.41) is 0. The third-order valence-corrected chi connectivity index (χ3v) is 3.43. The van der Waals surface area contributed by atoms with Crippen molar-refractivity contribution in [1.82, 2.24) is 0 Å². The van der Waals surface area contributed by atoms with Crippen LogP contribution in [-0.2, 0) is 9.84 Å². The molecule has 0 fully saturated rings. The third-order valence-electron chi connectivity index (χ3n) is 1.21. The summed E-state index contributed by atoms with van der Waals surface area (Å²) in [4.78, 5) is 0. The summed E-state index contributed by atoms with van der Waals surface area (Å²) in [7, 11) is -2.72. The van der Waals surface area contributed by atoms with Gasteiger partial charge in [-0.1, -0.05) is 22.0 Å². The average molecular weight is 211 g/mol. The molecule has 0 aliphatic carbocycles. The number of sulfone groups is 1. The van der Waals surface area contributed by atoms with Crippen LogP contribution in [-0.4, -0.2) is 19.9 Å². The summed E-state index contributed by atoms with van der Waals surface area (Å²) in [6, 6.07) is 0. The maximum Gasteiger partial charge on any atom is 0.154 e. The molecule has 0 N–H and O–H groups in total. The highest BCUT2D eigenvalue weighted by molar-refractivity contribution is 9.11. The molecule has 0 radical (unpaired) electrons. The van der Waals surface area contributed by atoms with Crippen molar-refractivity contribution in [3.63, 3.8) is 0 Å². The van der Waals surface area contributed by atoms with Crippen molar-refractivity contribution in [3.05, 3.63) is 10.6 Å². The van der Waals surface area contributed by atoms with Gasteiger partial charge in [-0.15, -0.1) is 0 Å². The minimum absolute atomic E-state index is 0.202. The van der Waals surface area contributed by atoms with E-state index in [-0.39, 0.29) is 5.75 Å². The van der Waals surface area contributed by atoms with Crippen molar-refractivity contribution in [1.29, 1.82) is 0 Å². The maximum absolute atomic E-state index is 10.7. The molecule has 1 aliphatic rings. The van der Waals surface area contributed by atoms with Gasteiger partial charge in [0.1, 0.15) is 0 Å². The van der Waals surface area contributed by atoms with Crippen molar-refractivity contribution in [2.75, 3.05) is 11.5 Å². The van der Waals surface area contributed by atoms with Crippen LogP contribution in [0.2, 0.25) is 0 Å². The summed E-state index contributed by atoms with van der Waals surface area (Å²) in [6.45, 7) is 0. The predicted molar refractivity (Wildman–Crippen MR) is 40.3 cm³/mol. The Kier molecular flexibility index (Phi) is 1.96. The van der Waals surface area contributed by atoms with E-state index in [9.17, 15) is 8.42 Å². The number of halogens is 1. The molecule has 0 amide bonds. The molecule has 0 aromatic carbocycles. The molecule has 1 aliphatic heterocycles. The quantitative estimate of drug-likeness (QED) is 0.600. The van der Waals surface area contributed by atoms with Crippen LogP contribution in [0.25, 0.3) is 0 Å². The number of hydrogen-bond acceptors (Lipinski definition) is 2. The third kappa shape index (κ3) is 2.10. The number of hydrogen-bond donors (Lipinski definition) is 0. The van der Waals surface area contributed by atoms with E-state index >= 15 is 0 Å². The molecule has 0 aromatic rings. The first-order valence-corrected chi connectivity index (χ1v) is 5.26. The lowest BCUT2D eigenvalue weighted by Gasteiger charge is -2.06. The zero-order valence-corrected chi connectivity index (χ0v) is 7.20. The fourth-order valence-corrected chi connectivity index (χ4v) is 2.65.